The number of hydrogen-bond donors (Lipinski definition) is 0. The predicted molar refractivity (Wildman–Crippen MR) is 80.2 cm³/mol. The van der Waals surface area contributed by atoms with E-state index in [1.54, 1.807) is 46.0 Å². The number of carbonyl (C=O) groups is 2. The van der Waals surface area contributed by atoms with Gasteiger partial charge in [0.25, 0.3) is 0 Å². The second-order valence-corrected chi connectivity index (χ2v) is 5.75. The molecule has 1 aromatic carbocycles. The largest absolute Gasteiger partial charge is 0.443 e. The fourth-order valence-electron chi connectivity index (χ4n) is 1.58. The average molecular weight is 344 g/mol. The Kier molecular flexibility index (Phi) is 5.16. The summed E-state index contributed by atoms with van der Waals surface area (Å²) in [4.78, 5) is 25.1. The average Bonchev–Trinajstić information content (AvgIpc) is 2.34. The summed E-state index contributed by atoms with van der Waals surface area (Å²) in [5, 5.41) is 0. The lowest BCUT2D eigenvalue weighted by atomic mass is 10.1. The quantitative estimate of drug-likeness (QED) is 0.818. The van der Waals surface area contributed by atoms with Crippen molar-refractivity contribution in [3.63, 3.8) is 0 Å². The number of amides is 1. The molecule has 110 valence electrons. The maximum absolute atomic E-state index is 12.0. The lowest BCUT2D eigenvalue weighted by molar-refractivity contribution is 0.0589. The molecule has 0 saturated heterocycles. The molecule has 0 aliphatic rings. The highest BCUT2D eigenvalue weighted by Gasteiger charge is 2.24. The van der Waals surface area contributed by atoms with E-state index in [9.17, 15) is 9.59 Å². The standard InChI is InChI=1S/C14H18BrNO4/c1-9-6-7-11(10(8-9)12(17)20-15)16(5)13(18)19-14(2,3)4/h6-8H,1-5H3. The summed E-state index contributed by atoms with van der Waals surface area (Å²) in [5.41, 5.74) is 0.996. The molecule has 1 amide bonds. The van der Waals surface area contributed by atoms with Gasteiger partial charge >= 0.3 is 12.1 Å². The second kappa shape index (κ2) is 6.26. The number of aryl methyl sites for hydroxylation is 1. The molecule has 0 fully saturated rings. The third-order valence-electron chi connectivity index (χ3n) is 2.47. The first-order valence-corrected chi connectivity index (χ1v) is 6.70. The second-order valence-electron chi connectivity index (χ2n) is 5.42. The number of halogens is 1. The molecule has 0 aromatic heterocycles. The van der Waals surface area contributed by atoms with Crippen LogP contribution in [0.1, 0.15) is 36.7 Å². The maximum atomic E-state index is 12.0. The Balaban J connectivity index is 3.12. The molecule has 20 heavy (non-hydrogen) atoms. The first-order valence-electron chi connectivity index (χ1n) is 6.06. The molecule has 5 nitrogen and oxygen atoms in total. The van der Waals surface area contributed by atoms with Crippen LogP contribution in [0, 0.1) is 6.92 Å². The first-order chi connectivity index (χ1) is 9.15. The fourth-order valence-corrected chi connectivity index (χ4v) is 1.75. The van der Waals surface area contributed by atoms with Crippen molar-refractivity contribution in [1.82, 2.24) is 0 Å². The van der Waals surface area contributed by atoms with Crippen LogP contribution in [0.3, 0.4) is 0 Å². The molecule has 0 spiro atoms. The van der Waals surface area contributed by atoms with Gasteiger partial charge in [0.2, 0.25) is 0 Å². The van der Waals surface area contributed by atoms with Crippen molar-refractivity contribution in [2.75, 3.05) is 11.9 Å². The van der Waals surface area contributed by atoms with E-state index in [0.717, 1.165) is 5.56 Å². The van der Waals surface area contributed by atoms with Crippen molar-refractivity contribution in [3.05, 3.63) is 29.3 Å². The zero-order valence-corrected chi connectivity index (χ0v) is 13.8. The number of hydrogen-bond acceptors (Lipinski definition) is 4. The maximum Gasteiger partial charge on any atom is 0.414 e. The van der Waals surface area contributed by atoms with E-state index in [1.807, 2.05) is 6.92 Å². The van der Waals surface area contributed by atoms with Gasteiger partial charge in [-0.15, -0.1) is 0 Å². The monoisotopic (exact) mass is 343 g/mol. The van der Waals surface area contributed by atoms with Crippen LogP contribution in [0.25, 0.3) is 0 Å². The Bertz CT molecular complexity index is 522. The number of rotatable bonds is 2. The molecule has 1 rings (SSSR count). The molecule has 0 saturated carbocycles. The highest BCUT2D eigenvalue weighted by Crippen LogP contribution is 2.24. The van der Waals surface area contributed by atoms with E-state index >= 15 is 0 Å². The van der Waals surface area contributed by atoms with Crippen molar-refractivity contribution in [2.45, 2.75) is 33.3 Å². The molecule has 6 heteroatoms. The molecule has 0 heterocycles. The molecular weight excluding hydrogens is 326 g/mol. The third-order valence-corrected chi connectivity index (χ3v) is 2.76. The van der Waals surface area contributed by atoms with Crippen LogP contribution in [0.15, 0.2) is 18.2 Å². The van der Waals surface area contributed by atoms with Crippen LogP contribution in [-0.2, 0) is 8.57 Å². The summed E-state index contributed by atoms with van der Waals surface area (Å²) in [7, 11) is 1.55. The lowest BCUT2D eigenvalue weighted by Crippen LogP contribution is -2.35. The number of carbonyl (C=O) groups excluding carboxylic acids is 2. The Labute approximate surface area is 127 Å². The third kappa shape index (κ3) is 4.23. The number of ether oxygens (including phenoxy) is 1. The van der Waals surface area contributed by atoms with Crippen molar-refractivity contribution < 1.29 is 18.2 Å². The summed E-state index contributed by atoms with van der Waals surface area (Å²) in [6, 6.07) is 5.14. The molecule has 0 aliphatic carbocycles. The molecule has 1 aromatic rings. The van der Waals surface area contributed by atoms with Crippen molar-refractivity contribution in [2.24, 2.45) is 0 Å². The van der Waals surface area contributed by atoms with Crippen LogP contribution in [0.2, 0.25) is 0 Å². The van der Waals surface area contributed by atoms with Crippen molar-refractivity contribution in [3.8, 4) is 0 Å². The van der Waals surface area contributed by atoms with Crippen LogP contribution in [0.4, 0.5) is 10.5 Å². The number of benzene rings is 1. The van der Waals surface area contributed by atoms with E-state index in [2.05, 4.69) is 20.1 Å². The summed E-state index contributed by atoms with van der Waals surface area (Å²) in [6.45, 7) is 7.19. The highest BCUT2D eigenvalue weighted by atomic mass is 79.9. The Morgan fingerprint density at radius 3 is 2.35 bits per heavy atom. The summed E-state index contributed by atoms with van der Waals surface area (Å²) in [6.07, 6.45) is -0.537. The van der Waals surface area contributed by atoms with Crippen LogP contribution in [0.5, 0.6) is 0 Å². The minimum absolute atomic E-state index is 0.287. The molecule has 0 aliphatic heterocycles. The minimum Gasteiger partial charge on any atom is -0.443 e. The van der Waals surface area contributed by atoms with Gasteiger partial charge in [-0.2, -0.15) is 0 Å². The van der Waals surface area contributed by atoms with Gasteiger partial charge in [-0.25, -0.2) is 9.59 Å². The summed E-state index contributed by atoms with van der Waals surface area (Å²) in [5.74, 6) is -0.570. The molecule has 0 unspecified atom stereocenters. The normalized spacial score (nSPS) is 10.9. The Hall–Kier alpha value is -1.56. The molecule has 0 atom stereocenters. The van der Waals surface area contributed by atoms with E-state index in [1.165, 1.54) is 4.90 Å². The van der Waals surface area contributed by atoms with Gasteiger partial charge < -0.3 is 8.57 Å². The first kappa shape index (κ1) is 16.5. The van der Waals surface area contributed by atoms with Gasteiger partial charge in [0.1, 0.15) is 5.60 Å². The molecule has 0 N–H and O–H groups in total. The van der Waals surface area contributed by atoms with Gasteiger partial charge in [-0.3, -0.25) is 4.90 Å². The zero-order valence-electron chi connectivity index (χ0n) is 12.2. The van der Waals surface area contributed by atoms with Crippen LogP contribution in [-0.4, -0.2) is 24.7 Å². The van der Waals surface area contributed by atoms with E-state index in [-0.39, 0.29) is 5.56 Å². The SMILES string of the molecule is Cc1ccc(N(C)C(=O)OC(C)(C)C)c(C(=O)OBr)c1. The van der Waals surface area contributed by atoms with E-state index in [0.29, 0.717) is 5.69 Å². The van der Waals surface area contributed by atoms with Gasteiger partial charge in [-0.05, 0) is 39.8 Å². The van der Waals surface area contributed by atoms with Crippen molar-refractivity contribution in [1.29, 1.82) is 0 Å². The fraction of sp³-hybridized carbons (Fsp3) is 0.429. The topological polar surface area (TPSA) is 55.8 Å². The lowest BCUT2D eigenvalue weighted by Gasteiger charge is -2.25. The van der Waals surface area contributed by atoms with Gasteiger partial charge in [-0.1, -0.05) is 11.6 Å². The molecular formula is C14H18BrNO4. The van der Waals surface area contributed by atoms with E-state index < -0.39 is 17.7 Å². The Morgan fingerprint density at radius 2 is 1.85 bits per heavy atom. The van der Waals surface area contributed by atoms with Crippen molar-refractivity contribution >= 4 is 34.0 Å². The van der Waals surface area contributed by atoms with Gasteiger partial charge in [0.15, 0.2) is 16.3 Å². The Morgan fingerprint density at radius 1 is 1.25 bits per heavy atom. The highest BCUT2D eigenvalue weighted by molar-refractivity contribution is 9.06. The smallest absolute Gasteiger partial charge is 0.414 e. The number of anilines is 1. The summed E-state index contributed by atoms with van der Waals surface area (Å²) < 4.78 is 9.83. The minimum atomic E-state index is -0.605. The van der Waals surface area contributed by atoms with Crippen LogP contribution >= 0.6 is 16.3 Å². The number of nitrogens with zero attached hydrogens (tertiary/aromatic N) is 1. The predicted octanol–water partition coefficient (Wildman–Crippen LogP) is 3.83. The summed E-state index contributed by atoms with van der Waals surface area (Å²) >= 11 is 2.66. The van der Waals surface area contributed by atoms with Crippen LogP contribution < -0.4 is 4.90 Å². The molecule has 0 radical (unpaired) electrons. The zero-order chi connectivity index (χ0) is 15.5. The molecule has 0 bridgehead atoms. The van der Waals surface area contributed by atoms with Gasteiger partial charge in [0.05, 0.1) is 11.3 Å². The van der Waals surface area contributed by atoms with Gasteiger partial charge in [0, 0.05) is 7.05 Å². The van der Waals surface area contributed by atoms with E-state index in [4.69, 9.17) is 4.74 Å².